The average molecular weight is 183 g/mol. The first-order valence-corrected chi connectivity index (χ1v) is 3.71. The molecular formula is C8H7ClN2O. The number of rotatable bonds is 2. The van der Waals surface area contributed by atoms with E-state index in [9.17, 15) is 4.79 Å². The molecule has 3 nitrogen and oxygen atoms in total. The molecule has 12 heavy (non-hydrogen) atoms. The number of nitrogens with zero attached hydrogens (tertiary/aromatic N) is 1. The van der Waals surface area contributed by atoms with Crippen molar-refractivity contribution in [2.75, 3.05) is 4.84 Å². The molecular weight excluding hydrogens is 176 g/mol. The molecule has 0 spiro atoms. The monoisotopic (exact) mass is 182 g/mol. The summed E-state index contributed by atoms with van der Waals surface area (Å²) in [6.07, 6.45) is 1.48. The van der Waals surface area contributed by atoms with E-state index in [0.717, 1.165) is 5.56 Å². The van der Waals surface area contributed by atoms with Gasteiger partial charge in [-0.1, -0.05) is 6.07 Å². The molecule has 1 rings (SSSR count). The normalized spacial score (nSPS) is 8.83. The first-order valence-electron chi connectivity index (χ1n) is 3.33. The third-order valence-electron chi connectivity index (χ3n) is 1.48. The van der Waals surface area contributed by atoms with Gasteiger partial charge in [-0.25, -0.2) is 4.79 Å². The molecule has 0 saturated heterocycles. The highest BCUT2D eigenvalue weighted by Gasteiger charge is 1.97. The highest BCUT2D eigenvalue weighted by atomic mass is 35.5. The number of anilines is 1. The zero-order valence-electron chi connectivity index (χ0n) is 6.47. The highest BCUT2D eigenvalue weighted by molar-refractivity contribution is 6.24. The second-order valence-corrected chi connectivity index (χ2v) is 2.49. The Hall–Kier alpha value is -1.31. The minimum atomic E-state index is 0.579. The smallest absolute Gasteiger partial charge is 0.240 e. The van der Waals surface area contributed by atoms with E-state index in [2.05, 4.69) is 9.83 Å². The van der Waals surface area contributed by atoms with Crippen LogP contribution in [-0.4, -0.2) is 6.08 Å². The number of aliphatic imine (C=N–C) groups is 1. The number of aryl methyl sites for hydroxylation is 1. The van der Waals surface area contributed by atoms with Crippen LogP contribution in [0.1, 0.15) is 5.56 Å². The Morgan fingerprint density at radius 3 is 2.92 bits per heavy atom. The molecule has 1 aromatic rings. The maximum absolute atomic E-state index is 9.98. The minimum absolute atomic E-state index is 0.579. The second kappa shape index (κ2) is 3.90. The van der Waals surface area contributed by atoms with Gasteiger partial charge in [0.05, 0.1) is 11.4 Å². The molecule has 0 aliphatic rings. The molecule has 4 heteroatoms. The van der Waals surface area contributed by atoms with Crippen LogP contribution in [0.4, 0.5) is 11.4 Å². The summed E-state index contributed by atoms with van der Waals surface area (Å²) >= 11 is 5.36. The van der Waals surface area contributed by atoms with E-state index >= 15 is 0 Å². The number of benzene rings is 1. The summed E-state index contributed by atoms with van der Waals surface area (Å²) in [6, 6.07) is 5.29. The summed E-state index contributed by atoms with van der Waals surface area (Å²) < 4.78 is 0. The van der Waals surface area contributed by atoms with Gasteiger partial charge in [0, 0.05) is 11.8 Å². The molecule has 0 radical (unpaired) electrons. The van der Waals surface area contributed by atoms with Gasteiger partial charge in [0.1, 0.15) is 0 Å². The summed E-state index contributed by atoms with van der Waals surface area (Å²) in [5, 5.41) is 0. The predicted molar refractivity (Wildman–Crippen MR) is 48.4 cm³/mol. The summed E-state index contributed by atoms with van der Waals surface area (Å²) in [5.41, 5.74) is 2.20. The van der Waals surface area contributed by atoms with E-state index in [4.69, 9.17) is 11.8 Å². The van der Waals surface area contributed by atoms with E-state index in [1.165, 1.54) is 6.08 Å². The van der Waals surface area contributed by atoms with Gasteiger partial charge in [0.25, 0.3) is 0 Å². The highest BCUT2D eigenvalue weighted by Crippen LogP contribution is 2.22. The van der Waals surface area contributed by atoms with Crippen molar-refractivity contribution in [3.05, 3.63) is 23.8 Å². The Kier molecular flexibility index (Phi) is 2.86. The maximum Gasteiger partial charge on any atom is 0.240 e. The van der Waals surface area contributed by atoms with Crippen molar-refractivity contribution in [1.29, 1.82) is 0 Å². The van der Waals surface area contributed by atoms with E-state index in [-0.39, 0.29) is 0 Å². The Morgan fingerprint density at radius 2 is 2.33 bits per heavy atom. The zero-order valence-corrected chi connectivity index (χ0v) is 7.22. The first-order chi connectivity index (χ1) is 5.77. The van der Waals surface area contributed by atoms with Crippen molar-refractivity contribution in [3.8, 4) is 0 Å². The molecule has 1 aromatic carbocycles. The number of nitrogens with one attached hydrogen (secondary N) is 1. The largest absolute Gasteiger partial charge is 0.298 e. The van der Waals surface area contributed by atoms with E-state index in [1.54, 1.807) is 12.1 Å². The molecule has 62 valence electrons. The molecule has 0 bridgehead atoms. The number of halogens is 1. The topological polar surface area (TPSA) is 41.5 Å². The SMILES string of the molecule is Cc1ccc(NCl)cc1N=C=O. The second-order valence-electron chi connectivity index (χ2n) is 2.30. The first kappa shape index (κ1) is 8.78. The van der Waals surface area contributed by atoms with Gasteiger partial charge < -0.3 is 0 Å². The van der Waals surface area contributed by atoms with Gasteiger partial charge in [0.2, 0.25) is 6.08 Å². The van der Waals surface area contributed by atoms with E-state index in [0.29, 0.717) is 11.4 Å². The number of hydrogen-bond acceptors (Lipinski definition) is 3. The maximum atomic E-state index is 9.98. The summed E-state index contributed by atoms with van der Waals surface area (Å²) in [6.45, 7) is 1.86. The van der Waals surface area contributed by atoms with Crippen LogP contribution in [0.25, 0.3) is 0 Å². The number of hydrogen-bond donors (Lipinski definition) is 1. The molecule has 0 atom stereocenters. The molecule has 0 aliphatic carbocycles. The van der Waals surface area contributed by atoms with Crippen LogP contribution in [0.15, 0.2) is 23.2 Å². The fourth-order valence-electron chi connectivity index (χ4n) is 0.838. The van der Waals surface area contributed by atoms with Crippen LogP contribution < -0.4 is 4.84 Å². The van der Waals surface area contributed by atoms with Gasteiger partial charge >= 0.3 is 0 Å². The average Bonchev–Trinajstić information content (AvgIpc) is 2.09. The fourth-order valence-corrected chi connectivity index (χ4v) is 0.955. The Balaban J connectivity index is 3.16. The van der Waals surface area contributed by atoms with Gasteiger partial charge in [-0.15, -0.1) is 0 Å². The van der Waals surface area contributed by atoms with Crippen LogP contribution >= 0.6 is 11.8 Å². The zero-order chi connectivity index (χ0) is 8.97. The van der Waals surface area contributed by atoms with Gasteiger partial charge in [0.15, 0.2) is 0 Å². The molecule has 0 heterocycles. The van der Waals surface area contributed by atoms with Crippen molar-refractivity contribution in [1.82, 2.24) is 0 Å². The van der Waals surface area contributed by atoms with Crippen molar-refractivity contribution in [2.45, 2.75) is 6.92 Å². The van der Waals surface area contributed by atoms with Crippen LogP contribution in [0.3, 0.4) is 0 Å². The Morgan fingerprint density at radius 1 is 1.58 bits per heavy atom. The summed E-state index contributed by atoms with van der Waals surface area (Å²) in [4.78, 5) is 15.9. The van der Waals surface area contributed by atoms with E-state index < -0.39 is 0 Å². The molecule has 0 saturated carbocycles. The molecule has 0 amide bonds. The third-order valence-corrected chi connectivity index (χ3v) is 1.70. The Bertz CT molecular complexity index is 332. The van der Waals surface area contributed by atoms with Crippen molar-refractivity contribution >= 4 is 29.2 Å². The van der Waals surface area contributed by atoms with Crippen molar-refractivity contribution in [3.63, 3.8) is 0 Å². The molecule has 0 aliphatic heterocycles. The third kappa shape index (κ3) is 1.84. The Labute approximate surface area is 75.2 Å². The van der Waals surface area contributed by atoms with Crippen LogP contribution in [-0.2, 0) is 4.79 Å². The minimum Gasteiger partial charge on any atom is -0.298 e. The summed E-state index contributed by atoms with van der Waals surface area (Å²) in [7, 11) is 0. The predicted octanol–water partition coefficient (Wildman–Crippen LogP) is 2.53. The van der Waals surface area contributed by atoms with Gasteiger partial charge in [-0.3, -0.25) is 4.84 Å². The number of isocyanates is 1. The number of carbonyl (C=O) groups excluding carboxylic acids is 1. The molecule has 0 fully saturated rings. The van der Waals surface area contributed by atoms with Crippen LogP contribution in [0.5, 0.6) is 0 Å². The van der Waals surface area contributed by atoms with E-state index in [1.807, 2.05) is 13.0 Å². The van der Waals surface area contributed by atoms with Crippen molar-refractivity contribution in [2.24, 2.45) is 4.99 Å². The van der Waals surface area contributed by atoms with Crippen LogP contribution in [0, 0.1) is 6.92 Å². The quantitative estimate of drug-likeness (QED) is 0.434. The summed E-state index contributed by atoms with van der Waals surface area (Å²) in [5.74, 6) is 0. The van der Waals surface area contributed by atoms with Crippen LogP contribution in [0.2, 0.25) is 0 Å². The lowest BCUT2D eigenvalue weighted by Gasteiger charge is -2.00. The molecule has 0 aromatic heterocycles. The standard InChI is InChI=1S/C8H7ClN2O/c1-6-2-3-7(11-9)4-8(6)10-5-12/h2-4,11H,1H3. The lowest BCUT2D eigenvalue weighted by molar-refractivity contribution is 0.565. The van der Waals surface area contributed by atoms with Gasteiger partial charge in [-0.05, 0) is 24.6 Å². The fraction of sp³-hybridized carbons (Fsp3) is 0.125. The molecule has 0 unspecified atom stereocenters. The lowest BCUT2D eigenvalue weighted by Crippen LogP contribution is -1.80. The molecule has 1 N–H and O–H groups in total. The van der Waals surface area contributed by atoms with Gasteiger partial charge in [-0.2, -0.15) is 4.99 Å². The van der Waals surface area contributed by atoms with Crippen molar-refractivity contribution < 1.29 is 4.79 Å². The lowest BCUT2D eigenvalue weighted by atomic mass is 10.2.